The Kier molecular flexibility index (Phi) is 6.79. The number of rotatable bonds is 7. The summed E-state index contributed by atoms with van der Waals surface area (Å²) in [6.07, 6.45) is 2.54. The number of nitrogens with zero attached hydrogens (tertiary/aromatic N) is 3. The summed E-state index contributed by atoms with van der Waals surface area (Å²) < 4.78 is 0. The summed E-state index contributed by atoms with van der Waals surface area (Å²) in [6, 6.07) is 0.890. The molecular formula is C21H38N4O2. The predicted octanol–water partition coefficient (Wildman–Crippen LogP) is 1.41. The monoisotopic (exact) mass is 378 g/mol. The summed E-state index contributed by atoms with van der Waals surface area (Å²) in [4.78, 5) is 31.8. The fourth-order valence-corrected chi connectivity index (χ4v) is 4.70. The normalized spacial score (nSPS) is 30.1. The second-order valence-electron chi connectivity index (χ2n) is 9.10. The van der Waals surface area contributed by atoms with Crippen molar-refractivity contribution < 1.29 is 9.59 Å². The van der Waals surface area contributed by atoms with E-state index in [0.29, 0.717) is 30.2 Å². The van der Waals surface area contributed by atoms with Gasteiger partial charge in [0, 0.05) is 76.2 Å². The molecular weight excluding hydrogens is 340 g/mol. The minimum atomic E-state index is 0.0827. The van der Waals surface area contributed by atoms with E-state index in [1.807, 2.05) is 13.8 Å². The van der Waals surface area contributed by atoms with Gasteiger partial charge in [0.2, 0.25) is 11.8 Å². The molecule has 1 aliphatic carbocycles. The number of carbonyl (C=O) groups is 2. The molecule has 3 aliphatic rings. The molecule has 4 unspecified atom stereocenters. The van der Waals surface area contributed by atoms with E-state index >= 15 is 0 Å². The SMILES string of the molecule is CCC(C)C(=O)NC1CC2CN(C(=O)CCN3CCN(C(C)C)CC3)CC21. The summed E-state index contributed by atoms with van der Waals surface area (Å²) in [6.45, 7) is 15.5. The van der Waals surface area contributed by atoms with Gasteiger partial charge >= 0.3 is 0 Å². The summed E-state index contributed by atoms with van der Waals surface area (Å²) >= 11 is 0. The maximum absolute atomic E-state index is 12.7. The Bertz CT molecular complexity index is 530. The van der Waals surface area contributed by atoms with Gasteiger partial charge in [-0.2, -0.15) is 0 Å². The fraction of sp³-hybridized carbons (Fsp3) is 0.905. The van der Waals surface area contributed by atoms with E-state index in [1.54, 1.807) is 0 Å². The van der Waals surface area contributed by atoms with Crippen LogP contribution in [0.1, 0.15) is 47.0 Å². The molecule has 0 aromatic rings. The predicted molar refractivity (Wildman–Crippen MR) is 107 cm³/mol. The molecule has 2 heterocycles. The third-order valence-electron chi connectivity index (χ3n) is 7.08. The summed E-state index contributed by atoms with van der Waals surface area (Å²) in [7, 11) is 0. The highest BCUT2D eigenvalue weighted by Gasteiger charge is 2.48. The molecule has 0 spiro atoms. The van der Waals surface area contributed by atoms with Gasteiger partial charge in [0.25, 0.3) is 0 Å². The van der Waals surface area contributed by atoms with Gasteiger partial charge in [-0.1, -0.05) is 13.8 Å². The lowest BCUT2D eigenvalue weighted by Gasteiger charge is -2.40. The van der Waals surface area contributed by atoms with Crippen LogP contribution in [0.15, 0.2) is 0 Å². The van der Waals surface area contributed by atoms with Crippen LogP contribution in [0.25, 0.3) is 0 Å². The number of carbonyl (C=O) groups excluding carboxylic acids is 2. The Morgan fingerprint density at radius 1 is 1.07 bits per heavy atom. The van der Waals surface area contributed by atoms with E-state index in [9.17, 15) is 9.59 Å². The maximum atomic E-state index is 12.7. The van der Waals surface area contributed by atoms with Crippen molar-refractivity contribution in [2.45, 2.75) is 59.0 Å². The molecule has 2 aliphatic heterocycles. The molecule has 1 saturated carbocycles. The second-order valence-corrected chi connectivity index (χ2v) is 9.10. The zero-order valence-corrected chi connectivity index (χ0v) is 17.6. The third-order valence-corrected chi connectivity index (χ3v) is 7.08. The maximum Gasteiger partial charge on any atom is 0.223 e. The minimum Gasteiger partial charge on any atom is -0.353 e. The van der Waals surface area contributed by atoms with E-state index in [4.69, 9.17) is 0 Å². The van der Waals surface area contributed by atoms with Crippen LogP contribution in [0.3, 0.4) is 0 Å². The quantitative estimate of drug-likeness (QED) is 0.728. The lowest BCUT2D eigenvalue weighted by atomic mass is 9.71. The van der Waals surface area contributed by atoms with Crippen molar-refractivity contribution in [1.29, 1.82) is 0 Å². The van der Waals surface area contributed by atoms with Crippen LogP contribution >= 0.6 is 0 Å². The molecule has 0 aromatic heterocycles. The zero-order chi connectivity index (χ0) is 19.6. The third kappa shape index (κ3) is 4.83. The topological polar surface area (TPSA) is 55.9 Å². The first-order chi connectivity index (χ1) is 12.9. The Morgan fingerprint density at radius 2 is 1.78 bits per heavy atom. The average molecular weight is 379 g/mol. The van der Waals surface area contributed by atoms with E-state index < -0.39 is 0 Å². The molecule has 0 bridgehead atoms. The number of amides is 2. The van der Waals surface area contributed by atoms with Crippen LogP contribution in [0.5, 0.6) is 0 Å². The molecule has 6 heteroatoms. The smallest absolute Gasteiger partial charge is 0.223 e. The molecule has 0 aromatic carbocycles. The van der Waals surface area contributed by atoms with Crippen molar-refractivity contribution in [3.8, 4) is 0 Å². The molecule has 3 fully saturated rings. The Hall–Kier alpha value is -1.14. The highest BCUT2D eigenvalue weighted by atomic mass is 16.2. The Labute approximate surface area is 164 Å². The number of nitrogens with one attached hydrogen (secondary N) is 1. The van der Waals surface area contributed by atoms with Crippen molar-refractivity contribution in [2.75, 3.05) is 45.8 Å². The van der Waals surface area contributed by atoms with Gasteiger partial charge in [0.1, 0.15) is 0 Å². The van der Waals surface area contributed by atoms with Gasteiger partial charge < -0.3 is 15.1 Å². The first kappa shape index (κ1) is 20.6. The molecule has 4 atom stereocenters. The van der Waals surface area contributed by atoms with Gasteiger partial charge in [-0.3, -0.25) is 14.5 Å². The van der Waals surface area contributed by atoms with E-state index in [-0.39, 0.29) is 17.9 Å². The van der Waals surface area contributed by atoms with Gasteiger partial charge in [0.05, 0.1) is 0 Å². The lowest BCUT2D eigenvalue weighted by Crippen LogP contribution is -2.53. The van der Waals surface area contributed by atoms with Crippen molar-refractivity contribution in [1.82, 2.24) is 20.0 Å². The van der Waals surface area contributed by atoms with Crippen LogP contribution in [0.2, 0.25) is 0 Å². The van der Waals surface area contributed by atoms with Crippen molar-refractivity contribution in [3.05, 3.63) is 0 Å². The van der Waals surface area contributed by atoms with Gasteiger partial charge in [-0.15, -0.1) is 0 Å². The van der Waals surface area contributed by atoms with Crippen molar-refractivity contribution in [2.24, 2.45) is 17.8 Å². The summed E-state index contributed by atoms with van der Waals surface area (Å²) in [5, 5.41) is 3.21. The van der Waals surface area contributed by atoms with Crippen molar-refractivity contribution >= 4 is 11.8 Å². The average Bonchev–Trinajstić information content (AvgIpc) is 3.00. The van der Waals surface area contributed by atoms with E-state index in [0.717, 1.165) is 58.7 Å². The van der Waals surface area contributed by atoms with Gasteiger partial charge in [0.15, 0.2) is 0 Å². The lowest BCUT2D eigenvalue weighted by molar-refractivity contribution is -0.130. The Morgan fingerprint density at radius 3 is 2.41 bits per heavy atom. The standard InChI is InChI=1S/C21H38N4O2/c1-5-16(4)21(27)22-19-12-17-13-25(14-18(17)19)20(26)6-7-23-8-10-24(11-9-23)15(2)3/h15-19H,5-14H2,1-4H3,(H,22,27). The first-order valence-corrected chi connectivity index (χ1v) is 10.9. The molecule has 0 radical (unpaired) electrons. The van der Waals surface area contributed by atoms with Crippen LogP contribution in [-0.2, 0) is 9.59 Å². The van der Waals surface area contributed by atoms with Crippen molar-refractivity contribution in [3.63, 3.8) is 0 Å². The van der Waals surface area contributed by atoms with E-state index in [2.05, 4.69) is 33.9 Å². The number of likely N-dealkylation sites (tertiary alicyclic amines) is 1. The van der Waals surface area contributed by atoms with Crippen LogP contribution < -0.4 is 5.32 Å². The van der Waals surface area contributed by atoms with Crippen LogP contribution in [-0.4, -0.2) is 84.4 Å². The first-order valence-electron chi connectivity index (χ1n) is 10.9. The fourth-order valence-electron chi connectivity index (χ4n) is 4.70. The molecule has 6 nitrogen and oxygen atoms in total. The molecule has 2 saturated heterocycles. The minimum absolute atomic E-state index is 0.0827. The Balaban J connectivity index is 1.37. The molecule has 3 rings (SSSR count). The summed E-state index contributed by atoms with van der Waals surface area (Å²) in [5.41, 5.74) is 0. The van der Waals surface area contributed by atoms with E-state index in [1.165, 1.54) is 0 Å². The number of piperazine rings is 1. The number of hydrogen-bond acceptors (Lipinski definition) is 4. The second kappa shape index (κ2) is 8.91. The number of fused-ring (bicyclic) bond motifs is 1. The number of hydrogen-bond donors (Lipinski definition) is 1. The highest BCUT2D eigenvalue weighted by molar-refractivity contribution is 5.79. The highest BCUT2D eigenvalue weighted by Crippen LogP contribution is 2.41. The molecule has 1 N–H and O–H groups in total. The molecule has 154 valence electrons. The largest absolute Gasteiger partial charge is 0.353 e. The summed E-state index contributed by atoms with van der Waals surface area (Å²) in [5.74, 6) is 1.61. The molecule has 2 amide bonds. The van der Waals surface area contributed by atoms with Crippen LogP contribution in [0, 0.1) is 17.8 Å². The zero-order valence-electron chi connectivity index (χ0n) is 17.6. The van der Waals surface area contributed by atoms with Crippen LogP contribution in [0.4, 0.5) is 0 Å². The van der Waals surface area contributed by atoms with Gasteiger partial charge in [-0.05, 0) is 32.6 Å². The van der Waals surface area contributed by atoms with Gasteiger partial charge in [-0.25, -0.2) is 0 Å². The molecule has 27 heavy (non-hydrogen) atoms.